The first-order valence-corrected chi connectivity index (χ1v) is 18.5. The van der Waals surface area contributed by atoms with Crippen LogP contribution in [0.25, 0.3) is 21.7 Å². The SMILES string of the molecule is CCCCS(=O)(=O)CC(COc1ccc(C(C)(C)C)cc1)OC(=O)CSc1nc(-c2cccs2)cc(-c2ccccc2)c1C#N. The summed E-state index contributed by atoms with van der Waals surface area (Å²) < 4.78 is 37.3. The van der Waals surface area contributed by atoms with Crippen molar-refractivity contribution in [1.29, 1.82) is 5.26 Å². The van der Waals surface area contributed by atoms with Gasteiger partial charge in [-0.1, -0.05) is 94.4 Å². The van der Waals surface area contributed by atoms with Gasteiger partial charge < -0.3 is 9.47 Å². The van der Waals surface area contributed by atoms with Crippen LogP contribution in [0.1, 0.15) is 51.7 Å². The maximum atomic E-state index is 13.2. The number of rotatable bonds is 14. The molecule has 7 nitrogen and oxygen atoms in total. The molecule has 0 radical (unpaired) electrons. The molecule has 2 aromatic heterocycles. The van der Waals surface area contributed by atoms with Crippen LogP contribution in [0, 0.1) is 11.3 Å². The lowest BCUT2D eigenvalue weighted by Crippen LogP contribution is -2.34. The lowest BCUT2D eigenvalue weighted by atomic mass is 9.87. The van der Waals surface area contributed by atoms with Crippen molar-refractivity contribution in [2.45, 2.75) is 57.1 Å². The predicted molar refractivity (Wildman–Crippen MR) is 183 cm³/mol. The third-order valence-corrected chi connectivity index (χ3v) is 10.6. The van der Waals surface area contributed by atoms with Gasteiger partial charge in [0.25, 0.3) is 0 Å². The summed E-state index contributed by atoms with van der Waals surface area (Å²) in [6.45, 7) is 8.17. The number of hydrogen-bond acceptors (Lipinski definition) is 9. The number of unbranched alkanes of at least 4 members (excludes halogenated alkanes) is 1. The van der Waals surface area contributed by atoms with E-state index in [1.807, 2.05) is 85.1 Å². The second-order valence-corrected chi connectivity index (χ2v) is 15.8. The third kappa shape index (κ3) is 9.92. The zero-order chi connectivity index (χ0) is 32.5. The number of pyridine rings is 1. The van der Waals surface area contributed by atoms with E-state index in [1.54, 1.807) is 0 Å². The number of aromatic nitrogens is 1. The molecule has 1 atom stereocenters. The fraction of sp³-hybridized carbons (Fsp3) is 0.343. The van der Waals surface area contributed by atoms with Crippen LogP contribution in [-0.2, 0) is 24.8 Å². The van der Waals surface area contributed by atoms with Crippen LogP contribution >= 0.6 is 23.1 Å². The number of thioether (sulfide) groups is 1. The van der Waals surface area contributed by atoms with Gasteiger partial charge in [-0.15, -0.1) is 11.3 Å². The predicted octanol–water partition coefficient (Wildman–Crippen LogP) is 7.94. The lowest BCUT2D eigenvalue weighted by molar-refractivity contribution is -0.146. The Morgan fingerprint density at radius 3 is 2.42 bits per heavy atom. The fourth-order valence-corrected chi connectivity index (χ4v) is 7.66. The van der Waals surface area contributed by atoms with Crippen LogP contribution in [0.2, 0.25) is 0 Å². The first-order valence-electron chi connectivity index (χ1n) is 14.8. The Morgan fingerprint density at radius 2 is 1.80 bits per heavy atom. The number of carbonyl (C=O) groups is 1. The smallest absolute Gasteiger partial charge is 0.316 e. The molecule has 45 heavy (non-hydrogen) atoms. The standard InChI is InChI=1S/C35H38N2O5S3/c1-5-6-19-45(39,40)24-28(22-41-27-16-14-26(15-17-27)35(2,3)4)42-33(38)23-44-34-30(21-36)29(25-11-8-7-9-12-25)20-31(37-34)32-13-10-18-43-32/h7-18,20,28H,5-6,19,22-24H2,1-4H3. The molecule has 0 aliphatic heterocycles. The largest absolute Gasteiger partial charge is 0.490 e. The molecule has 4 rings (SSSR count). The molecule has 2 aromatic carbocycles. The number of benzene rings is 2. The molecule has 0 saturated heterocycles. The van der Waals surface area contributed by atoms with Gasteiger partial charge in [0.1, 0.15) is 29.6 Å². The van der Waals surface area contributed by atoms with Crippen LogP contribution < -0.4 is 4.74 Å². The lowest BCUT2D eigenvalue weighted by Gasteiger charge is -2.21. The Labute approximate surface area is 274 Å². The molecule has 4 aromatic rings. The third-order valence-electron chi connectivity index (χ3n) is 6.99. The number of thiophene rings is 1. The average Bonchev–Trinajstić information content (AvgIpc) is 3.57. The van der Waals surface area contributed by atoms with Crippen LogP contribution in [0.5, 0.6) is 5.75 Å². The summed E-state index contributed by atoms with van der Waals surface area (Å²) in [4.78, 5) is 18.8. The molecule has 0 saturated carbocycles. The second kappa shape index (κ2) is 15.6. The first kappa shape index (κ1) is 34.2. The summed E-state index contributed by atoms with van der Waals surface area (Å²) in [7, 11) is -3.48. The number of hydrogen-bond donors (Lipinski definition) is 0. The van der Waals surface area contributed by atoms with Crippen molar-refractivity contribution in [1.82, 2.24) is 4.98 Å². The molecule has 0 aliphatic rings. The molecule has 0 N–H and O–H groups in total. The Balaban J connectivity index is 1.52. The molecule has 10 heteroatoms. The molecule has 0 aliphatic carbocycles. The highest BCUT2D eigenvalue weighted by atomic mass is 32.2. The number of nitriles is 1. The van der Waals surface area contributed by atoms with E-state index in [0.717, 1.165) is 39.8 Å². The number of carbonyl (C=O) groups excluding carboxylic acids is 1. The first-order chi connectivity index (χ1) is 21.5. The van der Waals surface area contributed by atoms with E-state index in [0.29, 0.717) is 28.5 Å². The van der Waals surface area contributed by atoms with Crippen molar-refractivity contribution in [2.24, 2.45) is 0 Å². The van der Waals surface area contributed by atoms with Gasteiger partial charge >= 0.3 is 5.97 Å². The molecule has 0 spiro atoms. The van der Waals surface area contributed by atoms with E-state index < -0.39 is 21.9 Å². The minimum absolute atomic E-state index is 0.0137. The van der Waals surface area contributed by atoms with Crippen molar-refractivity contribution < 1.29 is 22.7 Å². The van der Waals surface area contributed by atoms with Gasteiger partial charge in [-0.25, -0.2) is 13.4 Å². The minimum atomic E-state index is -3.48. The van der Waals surface area contributed by atoms with E-state index in [9.17, 15) is 18.5 Å². The summed E-state index contributed by atoms with van der Waals surface area (Å²) in [6, 6.07) is 25.2. The Morgan fingerprint density at radius 1 is 1.07 bits per heavy atom. The maximum absolute atomic E-state index is 13.2. The fourth-order valence-electron chi connectivity index (χ4n) is 4.56. The average molecular weight is 663 g/mol. The molecule has 2 heterocycles. The molecule has 0 bridgehead atoms. The quantitative estimate of drug-likeness (QED) is 0.0990. The van der Waals surface area contributed by atoms with E-state index in [1.165, 1.54) is 11.3 Å². The van der Waals surface area contributed by atoms with Gasteiger partial charge in [0.05, 0.1) is 33.4 Å². The Hall–Kier alpha value is -3.65. The highest BCUT2D eigenvalue weighted by molar-refractivity contribution is 8.00. The second-order valence-electron chi connectivity index (χ2n) is 11.6. The van der Waals surface area contributed by atoms with E-state index in [4.69, 9.17) is 14.5 Å². The summed E-state index contributed by atoms with van der Waals surface area (Å²) in [5, 5.41) is 12.5. The molecule has 0 amide bonds. The van der Waals surface area contributed by atoms with Gasteiger partial charge in [-0.3, -0.25) is 4.79 Å². The van der Waals surface area contributed by atoms with Crippen molar-refractivity contribution in [3.63, 3.8) is 0 Å². The highest BCUT2D eigenvalue weighted by Crippen LogP contribution is 2.35. The maximum Gasteiger partial charge on any atom is 0.316 e. The van der Waals surface area contributed by atoms with Crippen LogP contribution in [-0.4, -0.2) is 49.3 Å². The molecular weight excluding hydrogens is 625 g/mol. The molecule has 0 fully saturated rings. The van der Waals surface area contributed by atoms with Gasteiger partial charge in [-0.2, -0.15) is 5.26 Å². The molecule has 236 valence electrons. The number of ether oxygens (including phenoxy) is 2. The van der Waals surface area contributed by atoms with Gasteiger partial charge in [0, 0.05) is 5.56 Å². The van der Waals surface area contributed by atoms with Crippen molar-refractivity contribution in [3.05, 3.63) is 89.3 Å². The van der Waals surface area contributed by atoms with Gasteiger partial charge in [0.2, 0.25) is 0 Å². The number of esters is 1. The summed E-state index contributed by atoms with van der Waals surface area (Å²) >= 11 is 2.63. The van der Waals surface area contributed by atoms with Gasteiger partial charge in [0.15, 0.2) is 9.84 Å². The Bertz CT molecular complexity index is 1710. The summed E-state index contributed by atoms with van der Waals surface area (Å²) in [6.07, 6.45) is 0.268. The summed E-state index contributed by atoms with van der Waals surface area (Å²) in [5.41, 5.74) is 3.76. The zero-order valence-corrected chi connectivity index (χ0v) is 28.4. The minimum Gasteiger partial charge on any atom is -0.490 e. The van der Waals surface area contributed by atoms with Crippen LogP contribution in [0.15, 0.2) is 83.2 Å². The van der Waals surface area contributed by atoms with E-state index in [2.05, 4.69) is 26.8 Å². The monoisotopic (exact) mass is 662 g/mol. The van der Waals surface area contributed by atoms with E-state index >= 15 is 0 Å². The van der Waals surface area contributed by atoms with Crippen molar-refractivity contribution in [2.75, 3.05) is 23.9 Å². The number of sulfone groups is 1. The molecule has 1 unspecified atom stereocenters. The molecular formula is C35H38N2O5S3. The van der Waals surface area contributed by atoms with Gasteiger partial charge in [-0.05, 0) is 52.6 Å². The highest BCUT2D eigenvalue weighted by Gasteiger charge is 2.25. The van der Waals surface area contributed by atoms with E-state index in [-0.39, 0.29) is 29.3 Å². The number of nitrogens with zero attached hydrogens (tertiary/aromatic N) is 2. The van der Waals surface area contributed by atoms with Crippen LogP contribution in [0.3, 0.4) is 0 Å². The zero-order valence-electron chi connectivity index (χ0n) is 26.0. The van der Waals surface area contributed by atoms with Crippen molar-refractivity contribution >= 4 is 38.9 Å². The van der Waals surface area contributed by atoms with Crippen molar-refractivity contribution in [3.8, 4) is 33.5 Å². The summed E-state index contributed by atoms with van der Waals surface area (Å²) in [5.74, 6) is -0.533. The topological polar surface area (TPSA) is 106 Å². The normalized spacial score (nSPS) is 12.3. The Kier molecular flexibility index (Phi) is 11.8. The van der Waals surface area contributed by atoms with Crippen LogP contribution in [0.4, 0.5) is 0 Å².